The highest BCUT2D eigenvalue weighted by molar-refractivity contribution is 5.82. The van der Waals surface area contributed by atoms with Gasteiger partial charge in [0.1, 0.15) is 0 Å². The maximum Gasteiger partial charge on any atom is 0.229 e. The number of aliphatic imine (C=N–C) groups is 2. The Morgan fingerprint density at radius 1 is 1.05 bits per heavy atom. The zero-order valence-corrected chi connectivity index (χ0v) is 26.2. The molecule has 2 N–H and O–H groups in total. The minimum Gasteiger partial charge on any atom is -0.370 e. The zero-order valence-electron chi connectivity index (χ0n) is 26.2. The highest BCUT2D eigenvalue weighted by Gasteiger charge is 2.27. The molecule has 0 bridgehead atoms. The fourth-order valence-corrected chi connectivity index (χ4v) is 5.24. The van der Waals surface area contributed by atoms with Crippen LogP contribution < -0.4 is 4.90 Å². The van der Waals surface area contributed by atoms with E-state index in [1.54, 1.807) is 0 Å². The molecule has 7 nitrogen and oxygen atoms in total. The third-order valence-electron chi connectivity index (χ3n) is 7.83. The standard InChI is InChI=1S/C36H50N4O3/c1-4-30(5-2)16-9-10-22-37-33-21-20-31(28-34(33)38-23-12-15-29(3)14-11-19-35(41)42)36(43)40-25-13-24-39(26-27-40)32-17-7-6-8-18-32/h4,6-9,14,16-18,21-23,28,31,35,41-42H,5,10-13,15,19-20,24-27H2,1-3H3/b16-9-,29-14+,30-4-,37-22+,38-23+. The van der Waals surface area contributed by atoms with E-state index in [0.29, 0.717) is 25.8 Å². The van der Waals surface area contributed by atoms with Crippen molar-refractivity contribution in [2.24, 2.45) is 15.9 Å². The van der Waals surface area contributed by atoms with E-state index in [2.05, 4.69) is 67.3 Å². The van der Waals surface area contributed by atoms with E-state index in [9.17, 15) is 4.79 Å². The summed E-state index contributed by atoms with van der Waals surface area (Å²) in [7, 11) is 0. The number of anilines is 1. The highest BCUT2D eigenvalue weighted by atomic mass is 16.5. The average Bonchev–Trinajstić information content (AvgIpc) is 3.28. The molecule has 232 valence electrons. The van der Waals surface area contributed by atoms with E-state index in [1.165, 1.54) is 16.8 Å². The summed E-state index contributed by atoms with van der Waals surface area (Å²) in [5.74, 6) is -0.0873. The molecule has 1 aromatic carbocycles. The van der Waals surface area contributed by atoms with E-state index < -0.39 is 6.29 Å². The number of carbonyl (C=O) groups excluding carboxylic acids is 1. The SMILES string of the molecule is C/C=C(\C=C/C/C=N/C1=CCC(C(=O)N2CCCN(c3ccccc3)CC2)C=C1/N=C/CC/C(C)=C/CCC(O)O)CC. The highest BCUT2D eigenvalue weighted by Crippen LogP contribution is 2.27. The van der Waals surface area contributed by atoms with Gasteiger partial charge in [-0.2, -0.15) is 0 Å². The van der Waals surface area contributed by atoms with Crippen LogP contribution in [0.4, 0.5) is 5.69 Å². The molecule has 3 rings (SSSR count). The molecule has 0 saturated carbocycles. The molecule has 2 aliphatic rings. The van der Waals surface area contributed by atoms with Crippen molar-refractivity contribution in [2.45, 2.75) is 78.4 Å². The summed E-state index contributed by atoms with van der Waals surface area (Å²) in [6.45, 7) is 9.49. The van der Waals surface area contributed by atoms with Gasteiger partial charge in [0, 0.05) is 57.1 Å². The number of amides is 1. The summed E-state index contributed by atoms with van der Waals surface area (Å²) in [6, 6.07) is 10.4. The lowest BCUT2D eigenvalue weighted by Gasteiger charge is -2.27. The van der Waals surface area contributed by atoms with Gasteiger partial charge in [0.25, 0.3) is 0 Å². The number of rotatable bonds is 14. The molecule has 1 heterocycles. The van der Waals surface area contributed by atoms with Crippen molar-refractivity contribution >= 4 is 24.0 Å². The van der Waals surface area contributed by atoms with Gasteiger partial charge in [0.15, 0.2) is 6.29 Å². The Bertz CT molecular complexity index is 1220. The van der Waals surface area contributed by atoms with Crippen LogP contribution in [-0.2, 0) is 4.79 Å². The molecule has 0 spiro atoms. The average molecular weight is 587 g/mol. The Morgan fingerprint density at radius 2 is 1.84 bits per heavy atom. The van der Waals surface area contributed by atoms with Gasteiger partial charge in [-0.1, -0.05) is 66.6 Å². The zero-order chi connectivity index (χ0) is 30.9. The van der Waals surface area contributed by atoms with Crippen LogP contribution in [0.3, 0.4) is 0 Å². The van der Waals surface area contributed by atoms with Crippen molar-refractivity contribution in [2.75, 3.05) is 31.1 Å². The maximum atomic E-state index is 13.7. The number of hydrogen-bond donors (Lipinski definition) is 2. The van der Waals surface area contributed by atoms with Crippen LogP contribution in [0.2, 0.25) is 0 Å². The Hall–Kier alpha value is -3.55. The van der Waals surface area contributed by atoms with Gasteiger partial charge in [-0.3, -0.25) is 14.8 Å². The number of aliphatic hydroxyl groups is 2. The first-order chi connectivity index (χ1) is 20.9. The quantitative estimate of drug-likeness (QED) is 0.109. The van der Waals surface area contributed by atoms with E-state index in [0.717, 1.165) is 63.1 Å². The second-order valence-electron chi connectivity index (χ2n) is 11.1. The lowest BCUT2D eigenvalue weighted by Crippen LogP contribution is -2.39. The van der Waals surface area contributed by atoms with Gasteiger partial charge in [0.2, 0.25) is 5.91 Å². The van der Waals surface area contributed by atoms with Crippen LogP contribution in [0, 0.1) is 5.92 Å². The molecular formula is C36H50N4O3. The van der Waals surface area contributed by atoms with Crippen LogP contribution in [0.15, 0.2) is 99.3 Å². The van der Waals surface area contributed by atoms with Crippen molar-refractivity contribution in [1.29, 1.82) is 0 Å². The number of para-hydroxylation sites is 1. The van der Waals surface area contributed by atoms with E-state index in [4.69, 9.17) is 20.2 Å². The molecule has 1 aromatic rings. The van der Waals surface area contributed by atoms with Crippen molar-refractivity contribution in [1.82, 2.24) is 4.90 Å². The van der Waals surface area contributed by atoms with E-state index >= 15 is 0 Å². The van der Waals surface area contributed by atoms with Crippen LogP contribution in [0.5, 0.6) is 0 Å². The fraction of sp³-hybridized carbons (Fsp3) is 0.472. The summed E-state index contributed by atoms with van der Waals surface area (Å²) >= 11 is 0. The van der Waals surface area contributed by atoms with Gasteiger partial charge < -0.3 is 20.0 Å². The third kappa shape index (κ3) is 11.9. The van der Waals surface area contributed by atoms with Gasteiger partial charge in [-0.15, -0.1) is 0 Å². The number of aliphatic hydroxyl groups excluding tert-OH is 1. The molecule has 0 aromatic heterocycles. The fourth-order valence-electron chi connectivity index (χ4n) is 5.24. The summed E-state index contributed by atoms with van der Waals surface area (Å²) in [5.41, 5.74) is 5.26. The van der Waals surface area contributed by atoms with Gasteiger partial charge in [-0.25, -0.2) is 0 Å². The Labute approximate surface area is 258 Å². The minimum absolute atomic E-state index is 0.160. The van der Waals surface area contributed by atoms with Crippen molar-refractivity contribution in [3.8, 4) is 0 Å². The topological polar surface area (TPSA) is 88.7 Å². The summed E-state index contributed by atoms with van der Waals surface area (Å²) in [6.07, 6.45) is 20.9. The molecule has 1 fully saturated rings. The molecule has 1 aliphatic heterocycles. The number of carbonyl (C=O) groups is 1. The van der Waals surface area contributed by atoms with Crippen molar-refractivity contribution in [3.63, 3.8) is 0 Å². The number of allylic oxidation sites excluding steroid dienone is 7. The van der Waals surface area contributed by atoms with Crippen LogP contribution in [-0.4, -0.2) is 65.9 Å². The predicted octanol–water partition coefficient (Wildman–Crippen LogP) is 6.77. The van der Waals surface area contributed by atoms with E-state index in [-0.39, 0.29) is 11.8 Å². The Kier molecular flexibility index (Phi) is 14.9. The molecular weight excluding hydrogens is 536 g/mol. The Balaban J connectivity index is 1.67. The largest absolute Gasteiger partial charge is 0.370 e. The second-order valence-corrected chi connectivity index (χ2v) is 11.1. The van der Waals surface area contributed by atoms with Crippen molar-refractivity contribution < 1.29 is 15.0 Å². The van der Waals surface area contributed by atoms with Crippen LogP contribution in [0.25, 0.3) is 0 Å². The predicted molar refractivity (Wildman–Crippen MR) is 179 cm³/mol. The monoisotopic (exact) mass is 586 g/mol. The third-order valence-corrected chi connectivity index (χ3v) is 7.83. The van der Waals surface area contributed by atoms with Crippen LogP contribution in [0.1, 0.15) is 72.1 Å². The smallest absolute Gasteiger partial charge is 0.229 e. The number of nitrogens with zero attached hydrogens (tertiary/aromatic N) is 4. The summed E-state index contributed by atoms with van der Waals surface area (Å²) < 4.78 is 0. The first-order valence-corrected chi connectivity index (χ1v) is 15.8. The molecule has 7 heteroatoms. The van der Waals surface area contributed by atoms with Gasteiger partial charge >= 0.3 is 0 Å². The summed E-state index contributed by atoms with van der Waals surface area (Å²) in [4.78, 5) is 27.6. The molecule has 1 aliphatic carbocycles. The van der Waals surface area contributed by atoms with Crippen LogP contribution >= 0.6 is 0 Å². The number of benzene rings is 1. The molecule has 1 atom stereocenters. The van der Waals surface area contributed by atoms with Crippen molar-refractivity contribution in [3.05, 3.63) is 89.3 Å². The first kappa shape index (κ1) is 33.9. The minimum atomic E-state index is -1.27. The maximum absolute atomic E-state index is 13.7. The lowest BCUT2D eigenvalue weighted by molar-refractivity contribution is -0.133. The normalized spacial score (nSPS) is 19.1. The second kappa shape index (κ2) is 18.9. The van der Waals surface area contributed by atoms with E-state index in [1.807, 2.05) is 42.5 Å². The first-order valence-electron chi connectivity index (χ1n) is 15.8. The molecule has 43 heavy (non-hydrogen) atoms. The molecule has 1 amide bonds. The molecule has 1 unspecified atom stereocenters. The van der Waals surface area contributed by atoms with Gasteiger partial charge in [-0.05, 0) is 70.6 Å². The van der Waals surface area contributed by atoms with Gasteiger partial charge in [0.05, 0.1) is 17.3 Å². The molecule has 0 radical (unpaired) electrons. The number of hydrogen-bond acceptors (Lipinski definition) is 6. The Morgan fingerprint density at radius 3 is 2.58 bits per heavy atom. The molecule has 1 saturated heterocycles. The lowest BCUT2D eigenvalue weighted by atomic mass is 9.95. The summed E-state index contributed by atoms with van der Waals surface area (Å²) in [5, 5.41) is 18.1.